The summed E-state index contributed by atoms with van der Waals surface area (Å²) < 4.78 is 0. The first kappa shape index (κ1) is 12.8. The second-order valence-corrected chi connectivity index (χ2v) is 5.12. The second-order valence-electron chi connectivity index (χ2n) is 5.12. The number of hydrogen-bond acceptors (Lipinski definition) is 2. The predicted octanol–water partition coefficient (Wildman–Crippen LogP) is 3.18. The Hall–Kier alpha value is -2.19. The van der Waals surface area contributed by atoms with Gasteiger partial charge in [0.05, 0.1) is 6.10 Å². The first-order chi connectivity index (χ1) is 9.70. The van der Waals surface area contributed by atoms with Crippen LogP contribution in [0.4, 0.5) is 0 Å². The topological polar surface area (TPSA) is 37.3 Å². The van der Waals surface area contributed by atoms with Crippen molar-refractivity contribution in [2.45, 2.75) is 13.0 Å². The van der Waals surface area contributed by atoms with E-state index >= 15 is 0 Å². The zero-order valence-corrected chi connectivity index (χ0v) is 11.3. The van der Waals surface area contributed by atoms with Crippen molar-refractivity contribution >= 4 is 16.9 Å². The molecule has 0 aromatic heterocycles. The predicted molar refractivity (Wildman–Crippen MR) is 79.9 cm³/mol. The van der Waals surface area contributed by atoms with E-state index in [4.69, 9.17) is 0 Å². The first-order valence-corrected chi connectivity index (χ1v) is 6.77. The third-order valence-electron chi connectivity index (χ3n) is 3.85. The average Bonchev–Trinajstić information content (AvgIpc) is 2.73. The number of aliphatic hydroxyl groups is 1. The van der Waals surface area contributed by atoms with E-state index in [0.29, 0.717) is 5.57 Å². The Bertz CT molecular complexity index is 656. The van der Waals surface area contributed by atoms with E-state index in [0.717, 1.165) is 16.7 Å². The van der Waals surface area contributed by atoms with Crippen LogP contribution in [0.3, 0.4) is 0 Å². The summed E-state index contributed by atoms with van der Waals surface area (Å²) in [5, 5.41) is 10.4. The summed E-state index contributed by atoms with van der Waals surface area (Å²) in [6.07, 6.45) is -0.736. The molecule has 0 spiro atoms. The molecule has 1 aliphatic rings. The van der Waals surface area contributed by atoms with Gasteiger partial charge < -0.3 is 5.11 Å². The molecule has 1 N–H and O–H groups in total. The minimum atomic E-state index is -0.736. The van der Waals surface area contributed by atoms with E-state index in [1.165, 1.54) is 0 Å². The van der Waals surface area contributed by atoms with E-state index in [-0.39, 0.29) is 11.7 Å². The molecule has 100 valence electrons. The van der Waals surface area contributed by atoms with Crippen LogP contribution in [-0.2, 0) is 4.79 Å². The van der Waals surface area contributed by atoms with E-state index in [1.54, 1.807) is 6.92 Å². The summed E-state index contributed by atoms with van der Waals surface area (Å²) in [4.78, 5) is 12.5. The number of allylic oxidation sites excluding steroid dienone is 1. The number of carbonyl (C=O) groups is 1. The van der Waals surface area contributed by atoms with E-state index in [9.17, 15) is 9.90 Å². The Balaban J connectivity index is 2.23. The largest absolute Gasteiger partial charge is 0.388 e. The number of aliphatic hydroxyl groups excluding tert-OH is 1. The molecule has 20 heavy (non-hydrogen) atoms. The van der Waals surface area contributed by atoms with E-state index in [1.807, 2.05) is 60.7 Å². The van der Waals surface area contributed by atoms with Crippen LogP contribution in [0.1, 0.15) is 18.1 Å². The molecule has 2 unspecified atom stereocenters. The van der Waals surface area contributed by atoms with Crippen molar-refractivity contribution in [3.63, 3.8) is 0 Å². The van der Waals surface area contributed by atoms with Gasteiger partial charge in [-0.05, 0) is 16.7 Å². The van der Waals surface area contributed by atoms with Crippen molar-refractivity contribution in [1.29, 1.82) is 0 Å². The lowest BCUT2D eigenvalue weighted by Gasteiger charge is -2.12. The molecule has 3 rings (SSSR count). The molecule has 0 saturated carbocycles. The Morgan fingerprint density at radius 3 is 1.90 bits per heavy atom. The normalized spacial score (nSPS) is 22.4. The number of hydrogen-bond donors (Lipinski definition) is 1. The highest BCUT2D eigenvalue weighted by molar-refractivity contribution is 6.32. The molecular formula is C18H16O2. The molecule has 2 aromatic rings. The molecule has 0 saturated heterocycles. The van der Waals surface area contributed by atoms with Gasteiger partial charge in [-0.3, -0.25) is 4.79 Å². The fourth-order valence-corrected chi connectivity index (χ4v) is 2.74. The minimum absolute atomic E-state index is 0.0163. The molecule has 0 heterocycles. The van der Waals surface area contributed by atoms with Crippen molar-refractivity contribution in [3.8, 4) is 0 Å². The highest BCUT2D eigenvalue weighted by atomic mass is 16.3. The van der Waals surface area contributed by atoms with Crippen molar-refractivity contribution in [2.75, 3.05) is 0 Å². The van der Waals surface area contributed by atoms with E-state index < -0.39 is 6.10 Å². The highest BCUT2D eigenvalue weighted by Crippen LogP contribution is 2.40. The maximum absolute atomic E-state index is 12.5. The standard InChI is InChI=1S/C18H16O2/c1-12-17(19)15(13-8-4-2-5-9-13)16(18(12)20)14-10-6-3-7-11-14/h2-12,17,19H,1H3. The number of ketones is 1. The molecule has 0 aliphatic heterocycles. The summed E-state index contributed by atoms with van der Waals surface area (Å²) in [7, 11) is 0. The summed E-state index contributed by atoms with van der Waals surface area (Å²) >= 11 is 0. The summed E-state index contributed by atoms with van der Waals surface area (Å²) in [6, 6.07) is 19.2. The third-order valence-corrected chi connectivity index (χ3v) is 3.85. The Kier molecular flexibility index (Phi) is 3.25. The fourth-order valence-electron chi connectivity index (χ4n) is 2.74. The van der Waals surface area contributed by atoms with Gasteiger partial charge in [0.25, 0.3) is 0 Å². The molecule has 0 fully saturated rings. The number of Topliss-reactive ketones (excluding diaryl/α,β-unsaturated/α-hetero) is 1. The maximum atomic E-state index is 12.5. The summed E-state index contributed by atoms with van der Waals surface area (Å²) in [5.74, 6) is -0.372. The molecule has 0 radical (unpaired) electrons. The lowest BCUT2D eigenvalue weighted by Crippen LogP contribution is -2.18. The summed E-state index contributed by atoms with van der Waals surface area (Å²) in [5.41, 5.74) is 3.18. The van der Waals surface area contributed by atoms with Gasteiger partial charge in [-0.1, -0.05) is 67.6 Å². The van der Waals surface area contributed by atoms with Gasteiger partial charge in [0.1, 0.15) is 0 Å². The highest BCUT2D eigenvalue weighted by Gasteiger charge is 2.38. The molecule has 2 heteroatoms. The average molecular weight is 264 g/mol. The zero-order chi connectivity index (χ0) is 14.1. The lowest BCUT2D eigenvalue weighted by molar-refractivity contribution is -0.117. The molecule has 2 nitrogen and oxygen atoms in total. The van der Waals surface area contributed by atoms with Crippen LogP contribution in [0, 0.1) is 5.92 Å². The van der Waals surface area contributed by atoms with Gasteiger partial charge in [-0.25, -0.2) is 0 Å². The smallest absolute Gasteiger partial charge is 0.169 e. The van der Waals surface area contributed by atoms with Crippen molar-refractivity contribution in [3.05, 3.63) is 71.8 Å². The minimum Gasteiger partial charge on any atom is -0.388 e. The quantitative estimate of drug-likeness (QED) is 0.904. The third kappa shape index (κ3) is 1.98. The van der Waals surface area contributed by atoms with Crippen molar-refractivity contribution in [1.82, 2.24) is 0 Å². The monoisotopic (exact) mass is 264 g/mol. The SMILES string of the molecule is CC1C(=O)C(c2ccccc2)=C(c2ccccc2)C1O. The Morgan fingerprint density at radius 2 is 1.35 bits per heavy atom. The fraction of sp³-hybridized carbons (Fsp3) is 0.167. The van der Waals surface area contributed by atoms with Crippen LogP contribution >= 0.6 is 0 Å². The van der Waals surface area contributed by atoms with Gasteiger partial charge in [0.2, 0.25) is 0 Å². The second kappa shape index (κ2) is 5.06. The number of benzene rings is 2. The van der Waals surface area contributed by atoms with Gasteiger partial charge in [0, 0.05) is 11.5 Å². The van der Waals surface area contributed by atoms with E-state index in [2.05, 4.69) is 0 Å². The van der Waals surface area contributed by atoms with Gasteiger partial charge in [-0.2, -0.15) is 0 Å². The van der Waals surface area contributed by atoms with Crippen LogP contribution in [0.15, 0.2) is 60.7 Å². The van der Waals surface area contributed by atoms with Crippen LogP contribution in [-0.4, -0.2) is 17.0 Å². The lowest BCUT2D eigenvalue weighted by atomic mass is 9.96. The van der Waals surface area contributed by atoms with Crippen LogP contribution in [0.25, 0.3) is 11.1 Å². The van der Waals surface area contributed by atoms with Gasteiger partial charge in [0.15, 0.2) is 5.78 Å². The van der Waals surface area contributed by atoms with Crippen LogP contribution < -0.4 is 0 Å². The molecule has 0 amide bonds. The van der Waals surface area contributed by atoms with Crippen molar-refractivity contribution < 1.29 is 9.90 Å². The van der Waals surface area contributed by atoms with Crippen molar-refractivity contribution in [2.24, 2.45) is 5.92 Å². The molecule has 1 aliphatic carbocycles. The molecule has 0 bridgehead atoms. The molecular weight excluding hydrogens is 248 g/mol. The molecule has 2 aromatic carbocycles. The first-order valence-electron chi connectivity index (χ1n) is 6.77. The van der Waals surface area contributed by atoms with Gasteiger partial charge >= 0.3 is 0 Å². The molecule has 2 atom stereocenters. The number of carbonyl (C=O) groups excluding carboxylic acids is 1. The summed E-state index contributed by atoms with van der Waals surface area (Å²) in [6.45, 7) is 1.78. The maximum Gasteiger partial charge on any atom is 0.169 e. The van der Waals surface area contributed by atoms with Gasteiger partial charge in [-0.15, -0.1) is 0 Å². The van der Waals surface area contributed by atoms with Crippen LogP contribution in [0.2, 0.25) is 0 Å². The Morgan fingerprint density at radius 1 is 0.850 bits per heavy atom. The number of rotatable bonds is 2. The Labute approximate surface area is 118 Å². The zero-order valence-electron chi connectivity index (χ0n) is 11.3. The van der Waals surface area contributed by atoms with Crippen LogP contribution in [0.5, 0.6) is 0 Å².